The first-order valence-electron chi connectivity index (χ1n) is 4.89. The highest BCUT2D eigenvalue weighted by molar-refractivity contribution is 4.73. The first kappa shape index (κ1) is 12.9. The van der Waals surface area contributed by atoms with Crippen molar-refractivity contribution in [2.75, 3.05) is 13.2 Å². The summed E-state index contributed by atoms with van der Waals surface area (Å²) >= 11 is 0. The summed E-state index contributed by atoms with van der Waals surface area (Å²) in [4.78, 5) is 0. The molecule has 0 fully saturated rings. The van der Waals surface area contributed by atoms with Gasteiger partial charge in [0, 0.05) is 24.6 Å². The van der Waals surface area contributed by atoms with Gasteiger partial charge in [-0.1, -0.05) is 13.8 Å². The van der Waals surface area contributed by atoms with Crippen LogP contribution in [0.1, 0.15) is 34.1 Å². The van der Waals surface area contributed by atoms with Crippen LogP contribution in [0, 0.1) is 5.41 Å². The SMILES string of the molecule is CC(O)CC(C)NCC(C)(C)CO. The Morgan fingerprint density at radius 3 is 2.23 bits per heavy atom. The molecule has 3 nitrogen and oxygen atoms in total. The average molecular weight is 189 g/mol. The van der Waals surface area contributed by atoms with Crippen molar-refractivity contribution >= 4 is 0 Å². The van der Waals surface area contributed by atoms with Gasteiger partial charge in [0.15, 0.2) is 0 Å². The van der Waals surface area contributed by atoms with Crippen molar-refractivity contribution in [2.45, 2.75) is 46.3 Å². The molecule has 0 aliphatic rings. The Hall–Kier alpha value is -0.120. The standard InChI is InChI=1S/C10H23NO2/c1-8(5-9(2)13)11-6-10(3,4)7-12/h8-9,11-13H,5-7H2,1-4H3. The van der Waals surface area contributed by atoms with Crippen LogP contribution in [-0.2, 0) is 0 Å². The second kappa shape index (κ2) is 5.58. The first-order chi connectivity index (χ1) is 5.87. The fraction of sp³-hybridized carbons (Fsp3) is 1.00. The van der Waals surface area contributed by atoms with Gasteiger partial charge in [-0.05, 0) is 20.3 Å². The highest BCUT2D eigenvalue weighted by Gasteiger charge is 2.17. The van der Waals surface area contributed by atoms with Crippen LogP contribution < -0.4 is 5.32 Å². The predicted octanol–water partition coefficient (Wildman–Crippen LogP) is 0.754. The molecule has 0 saturated heterocycles. The highest BCUT2D eigenvalue weighted by atomic mass is 16.3. The van der Waals surface area contributed by atoms with Crippen LogP contribution in [0.5, 0.6) is 0 Å². The topological polar surface area (TPSA) is 52.5 Å². The van der Waals surface area contributed by atoms with Crippen molar-refractivity contribution in [1.29, 1.82) is 0 Å². The minimum absolute atomic E-state index is 0.0764. The number of hydrogen-bond donors (Lipinski definition) is 3. The van der Waals surface area contributed by atoms with Crippen molar-refractivity contribution in [2.24, 2.45) is 5.41 Å². The van der Waals surface area contributed by atoms with E-state index in [4.69, 9.17) is 10.2 Å². The summed E-state index contributed by atoms with van der Waals surface area (Å²) in [6.45, 7) is 8.80. The number of hydrogen-bond acceptors (Lipinski definition) is 3. The maximum Gasteiger partial charge on any atom is 0.0526 e. The number of aliphatic hydroxyl groups is 2. The van der Waals surface area contributed by atoms with E-state index in [9.17, 15) is 0 Å². The molecule has 80 valence electrons. The lowest BCUT2D eigenvalue weighted by Gasteiger charge is -2.25. The van der Waals surface area contributed by atoms with Crippen LogP contribution in [0.25, 0.3) is 0 Å². The molecule has 0 aliphatic carbocycles. The second-order valence-corrected chi connectivity index (χ2v) is 4.69. The third kappa shape index (κ3) is 6.99. The van der Waals surface area contributed by atoms with E-state index in [-0.39, 0.29) is 18.1 Å². The average Bonchev–Trinajstić information content (AvgIpc) is 2.00. The third-order valence-electron chi connectivity index (χ3n) is 2.05. The zero-order valence-corrected chi connectivity index (χ0v) is 9.17. The van der Waals surface area contributed by atoms with Crippen LogP contribution >= 0.6 is 0 Å². The van der Waals surface area contributed by atoms with Crippen molar-refractivity contribution in [3.05, 3.63) is 0 Å². The van der Waals surface area contributed by atoms with E-state index in [1.165, 1.54) is 0 Å². The van der Waals surface area contributed by atoms with Crippen LogP contribution in [0.3, 0.4) is 0 Å². The molecule has 2 atom stereocenters. The maximum atomic E-state index is 9.12. The Balaban J connectivity index is 3.63. The number of aliphatic hydroxyl groups excluding tert-OH is 2. The largest absolute Gasteiger partial charge is 0.396 e. The van der Waals surface area contributed by atoms with Crippen LogP contribution in [-0.4, -0.2) is 35.5 Å². The zero-order valence-electron chi connectivity index (χ0n) is 9.17. The van der Waals surface area contributed by atoms with Gasteiger partial charge >= 0.3 is 0 Å². The highest BCUT2D eigenvalue weighted by Crippen LogP contribution is 2.12. The van der Waals surface area contributed by atoms with Crippen LogP contribution in [0.4, 0.5) is 0 Å². The van der Waals surface area contributed by atoms with Crippen LogP contribution in [0.2, 0.25) is 0 Å². The molecule has 0 saturated carbocycles. The van der Waals surface area contributed by atoms with Gasteiger partial charge in [-0.25, -0.2) is 0 Å². The van der Waals surface area contributed by atoms with Gasteiger partial charge in [-0.15, -0.1) is 0 Å². The van der Waals surface area contributed by atoms with Gasteiger partial charge in [-0.3, -0.25) is 0 Å². The predicted molar refractivity (Wildman–Crippen MR) is 54.6 cm³/mol. The van der Waals surface area contributed by atoms with Crippen molar-refractivity contribution < 1.29 is 10.2 Å². The molecule has 0 heterocycles. The minimum atomic E-state index is -0.264. The Morgan fingerprint density at radius 1 is 1.31 bits per heavy atom. The third-order valence-corrected chi connectivity index (χ3v) is 2.05. The van der Waals surface area contributed by atoms with Crippen molar-refractivity contribution in [3.63, 3.8) is 0 Å². The Morgan fingerprint density at radius 2 is 1.85 bits per heavy atom. The molecule has 0 aromatic heterocycles. The molecule has 13 heavy (non-hydrogen) atoms. The van der Waals surface area contributed by atoms with E-state index < -0.39 is 0 Å². The molecular formula is C10H23NO2. The Labute approximate surface area is 81.2 Å². The van der Waals surface area contributed by atoms with E-state index >= 15 is 0 Å². The normalized spacial score (nSPS) is 17.1. The van der Waals surface area contributed by atoms with Gasteiger partial charge in [0.25, 0.3) is 0 Å². The molecule has 0 amide bonds. The van der Waals surface area contributed by atoms with Gasteiger partial charge in [0.2, 0.25) is 0 Å². The van der Waals surface area contributed by atoms with Gasteiger partial charge in [0.1, 0.15) is 0 Å². The lowest BCUT2D eigenvalue weighted by Crippen LogP contribution is -2.38. The Bertz CT molecular complexity index is 135. The number of nitrogens with one attached hydrogen (secondary N) is 1. The van der Waals surface area contributed by atoms with Crippen molar-refractivity contribution in [3.8, 4) is 0 Å². The molecular weight excluding hydrogens is 166 g/mol. The van der Waals surface area contributed by atoms with E-state index in [0.717, 1.165) is 13.0 Å². The molecule has 0 bridgehead atoms. The first-order valence-corrected chi connectivity index (χ1v) is 4.89. The molecule has 0 spiro atoms. The summed E-state index contributed by atoms with van der Waals surface area (Å²) in [5.41, 5.74) is -0.0764. The fourth-order valence-corrected chi connectivity index (χ4v) is 1.10. The Kier molecular flexibility index (Phi) is 5.53. The van der Waals surface area contributed by atoms with E-state index in [2.05, 4.69) is 5.32 Å². The van der Waals surface area contributed by atoms with Crippen LogP contribution in [0.15, 0.2) is 0 Å². The minimum Gasteiger partial charge on any atom is -0.396 e. The molecule has 3 heteroatoms. The summed E-state index contributed by atoms with van der Waals surface area (Å²) < 4.78 is 0. The molecule has 2 unspecified atom stereocenters. The van der Waals surface area contributed by atoms with Crippen molar-refractivity contribution in [1.82, 2.24) is 5.32 Å². The molecule has 0 aromatic carbocycles. The monoisotopic (exact) mass is 189 g/mol. The lowest BCUT2D eigenvalue weighted by atomic mass is 9.94. The van der Waals surface area contributed by atoms with Gasteiger partial charge in [0.05, 0.1) is 6.10 Å². The zero-order chi connectivity index (χ0) is 10.5. The summed E-state index contributed by atoms with van der Waals surface area (Å²) in [5, 5.41) is 21.4. The van der Waals surface area contributed by atoms with E-state index in [1.54, 1.807) is 6.92 Å². The molecule has 0 aliphatic heterocycles. The summed E-state index contributed by atoms with van der Waals surface area (Å²) in [6.07, 6.45) is 0.487. The quantitative estimate of drug-likeness (QED) is 0.578. The summed E-state index contributed by atoms with van der Waals surface area (Å²) in [6, 6.07) is 0.297. The number of rotatable bonds is 6. The summed E-state index contributed by atoms with van der Waals surface area (Å²) in [7, 11) is 0. The van der Waals surface area contributed by atoms with Gasteiger partial charge in [-0.2, -0.15) is 0 Å². The molecule has 0 radical (unpaired) electrons. The maximum absolute atomic E-state index is 9.12. The summed E-state index contributed by atoms with van der Waals surface area (Å²) in [5.74, 6) is 0. The molecule has 0 aromatic rings. The molecule has 3 N–H and O–H groups in total. The smallest absolute Gasteiger partial charge is 0.0526 e. The second-order valence-electron chi connectivity index (χ2n) is 4.69. The lowest BCUT2D eigenvalue weighted by molar-refractivity contribution is 0.141. The van der Waals surface area contributed by atoms with E-state index in [1.807, 2.05) is 20.8 Å². The van der Waals surface area contributed by atoms with E-state index in [0.29, 0.717) is 6.04 Å². The fourth-order valence-electron chi connectivity index (χ4n) is 1.10. The molecule has 0 rings (SSSR count). The van der Waals surface area contributed by atoms with Gasteiger partial charge < -0.3 is 15.5 Å².